The molecular weight excluding hydrogens is 396 g/mol. The number of piperidine rings is 1. The van der Waals surface area contributed by atoms with Crippen molar-refractivity contribution < 1.29 is 9.53 Å². The highest BCUT2D eigenvalue weighted by Gasteiger charge is 2.44. The first kappa shape index (κ1) is 19.7. The first-order chi connectivity index (χ1) is 14.7. The lowest BCUT2D eigenvalue weighted by atomic mass is 9.72. The largest absolute Gasteiger partial charge is 0.381 e. The van der Waals surface area contributed by atoms with Crippen LogP contribution in [0.5, 0.6) is 0 Å². The van der Waals surface area contributed by atoms with Crippen molar-refractivity contribution >= 4 is 28.4 Å². The number of hydrogen-bond donors (Lipinski definition) is 1. The van der Waals surface area contributed by atoms with E-state index in [0.29, 0.717) is 24.2 Å². The number of nitrogens with one attached hydrogen (secondary N) is 1. The molecule has 2 aromatic carbocycles. The summed E-state index contributed by atoms with van der Waals surface area (Å²) in [5.41, 5.74) is 3.15. The molecule has 4 nitrogen and oxygen atoms in total. The van der Waals surface area contributed by atoms with Crippen molar-refractivity contribution in [1.29, 1.82) is 0 Å². The zero-order valence-electron chi connectivity index (χ0n) is 17.1. The SMILES string of the molecule is O=C(N1CCC(c2c[nH]c3ccccc23)CC1)C1(c2ccc(Cl)cc2)CCOCC1. The summed E-state index contributed by atoms with van der Waals surface area (Å²) in [5.74, 6) is 0.747. The Labute approximate surface area is 182 Å². The zero-order chi connectivity index (χ0) is 20.6. The standard InChI is InChI=1S/C25H27ClN2O2/c26-20-7-5-19(6-8-20)25(11-15-30-16-12-25)24(29)28-13-9-18(10-14-28)22-17-27-23-4-2-1-3-21(22)23/h1-8,17-18,27H,9-16H2. The summed E-state index contributed by atoms with van der Waals surface area (Å²) in [6.07, 6.45) is 5.62. The second-order valence-electron chi connectivity index (χ2n) is 8.56. The van der Waals surface area contributed by atoms with Gasteiger partial charge in [0.1, 0.15) is 0 Å². The van der Waals surface area contributed by atoms with E-state index < -0.39 is 5.41 Å². The van der Waals surface area contributed by atoms with Gasteiger partial charge in [0.2, 0.25) is 5.91 Å². The molecule has 3 heterocycles. The van der Waals surface area contributed by atoms with Gasteiger partial charge in [0.25, 0.3) is 0 Å². The summed E-state index contributed by atoms with van der Waals surface area (Å²) in [4.78, 5) is 19.3. The third-order valence-corrected chi connectivity index (χ3v) is 7.25. The summed E-state index contributed by atoms with van der Waals surface area (Å²) >= 11 is 6.11. The number of fused-ring (bicyclic) bond motifs is 1. The van der Waals surface area contributed by atoms with Crippen LogP contribution in [0.2, 0.25) is 5.02 Å². The molecule has 0 unspecified atom stereocenters. The summed E-state index contributed by atoms with van der Waals surface area (Å²) in [6.45, 7) is 2.86. The van der Waals surface area contributed by atoms with Gasteiger partial charge in [-0.1, -0.05) is 41.9 Å². The van der Waals surface area contributed by atoms with Crippen molar-refractivity contribution in [3.8, 4) is 0 Å². The average molecular weight is 423 g/mol. The lowest BCUT2D eigenvalue weighted by Gasteiger charge is -2.42. The minimum Gasteiger partial charge on any atom is -0.381 e. The van der Waals surface area contributed by atoms with E-state index in [-0.39, 0.29) is 5.91 Å². The van der Waals surface area contributed by atoms with E-state index in [1.807, 2.05) is 24.3 Å². The smallest absolute Gasteiger partial charge is 0.233 e. The molecule has 5 heteroatoms. The normalized spacial score (nSPS) is 19.8. The molecule has 3 aromatic rings. The monoisotopic (exact) mass is 422 g/mol. The maximum absolute atomic E-state index is 13.8. The maximum Gasteiger partial charge on any atom is 0.233 e. The van der Waals surface area contributed by atoms with Crippen LogP contribution >= 0.6 is 11.6 Å². The highest BCUT2D eigenvalue weighted by atomic mass is 35.5. The molecule has 0 bridgehead atoms. The minimum absolute atomic E-state index is 0.255. The summed E-state index contributed by atoms with van der Waals surface area (Å²) < 4.78 is 5.61. The van der Waals surface area contributed by atoms with Gasteiger partial charge >= 0.3 is 0 Å². The zero-order valence-corrected chi connectivity index (χ0v) is 17.8. The van der Waals surface area contributed by atoms with Crippen molar-refractivity contribution in [2.45, 2.75) is 37.0 Å². The summed E-state index contributed by atoms with van der Waals surface area (Å²) in [5, 5.41) is 2.01. The fourth-order valence-electron chi connectivity index (χ4n) is 5.24. The molecule has 0 atom stereocenters. The van der Waals surface area contributed by atoms with E-state index in [0.717, 1.165) is 44.3 Å². The van der Waals surface area contributed by atoms with Crippen LogP contribution in [-0.4, -0.2) is 42.1 Å². The molecule has 1 aromatic heterocycles. The van der Waals surface area contributed by atoms with Gasteiger partial charge in [-0.3, -0.25) is 4.79 Å². The Bertz CT molecular complexity index is 1030. The third-order valence-electron chi connectivity index (χ3n) is 7.00. The highest BCUT2D eigenvalue weighted by molar-refractivity contribution is 6.30. The van der Waals surface area contributed by atoms with Gasteiger partial charge in [-0.05, 0) is 60.9 Å². The number of ether oxygens (including phenoxy) is 1. The lowest BCUT2D eigenvalue weighted by Crippen LogP contribution is -2.51. The minimum atomic E-state index is -0.490. The van der Waals surface area contributed by atoms with Gasteiger partial charge < -0.3 is 14.6 Å². The second-order valence-corrected chi connectivity index (χ2v) is 8.99. The van der Waals surface area contributed by atoms with Gasteiger partial charge in [0, 0.05) is 48.4 Å². The van der Waals surface area contributed by atoms with Gasteiger partial charge in [-0.2, -0.15) is 0 Å². The number of nitrogens with zero attached hydrogens (tertiary/aromatic N) is 1. The van der Waals surface area contributed by atoms with Crippen LogP contribution in [0.4, 0.5) is 0 Å². The van der Waals surface area contributed by atoms with Gasteiger partial charge in [-0.25, -0.2) is 0 Å². The van der Waals surface area contributed by atoms with Gasteiger partial charge in [0.05, 0.1) is 5.41 Å². The Morgan fingerprint density at radius 2 is 1.73 bits per heavy atom. The maximum atomic E-state index is 13.8. The highest BCUT2D eigenvalue weighted by Crippen LogP contribution is 2.40. The van der Waals surface area contributed by atoms with Gasteiger partial charge in [0.15, 0.2) is 0 Å². The van der Waals surface area contributed by atoms with Crippen LogP contribution in [0.25, 0.3) is 10.9 Å². The molecule has 2 saturated heterocycles. The van der Waals surface area contributed by atoms with Crippen molar-refractivity contribution in [3.63, 3.8) is 0 Å². The van der Waals surface area contributed by atoms with E-state index in [1.54, 1.807) is 0 Å². The number of likely N-dealkylation sites (tertiary alicyclic amines) is 1. The second kappa shape index (κ2) is 8.09. The van der Waals surface area contributed by atoms with E-state index in [2.05, 4.69) is 40.3 Å². The Kier molecular flexibility index (Phi) is 5.30. The van der Waals surface area contributed by atoms with E-state index >= 15 is 0 Å². The van der Waals surface area contributed by atoms with E-state index in [1.165, 1.54) is 16.5 Å². The molecule has 1 amide bonds. The number of hydrogen-bond acceptors (Lipinski definition) is 2. The number of para-hydroxylation sites is 1. The predicted octanol–water partition coefficient (Wildman–Crippen LogP) is 5.28. The van der Waals surface area contributed by atoms with Crippen LogP contribution < -0.4 is 0 Å². The third kappa shape index (κ3) is 3.42. The van der Waals surface area contributed by atoms with Crippen LogP contribution in [-0.2, 0) is 14.9 Å². The number of H-pyrrole nitrogens is 1. The molecule has 0 radical (unpaired) electrons. The van der Waals surface area contributed by atoms with Crippen LogP contribution in [0.3, 0.4) is 0 Å². The molecule has 156 valence electrons. The average Bonchev–Trinajstić information content (AvgIpc) is 3.24. The fourth-order valence-corrected chi connectivity index (χ4v) is 5.37. The van der Waals surface area contributed by atoms with Crippen molar-refractivity contribution in [1.82, 2.24) is 9.88 Å². The first-order valence-electron chi connectivity index (χ1n) is 10.9. The molecule has 2 aliphatic heterocycles. The number of benzene rings is 2. The number of carbonyl (C=O) groups is 1. The Balaban J connectivity index is 1.35. The first-order valence-corrected chi connectivity index (χ1v) is 11.2. The predicted molar refractivity (Wildman–Crippen MR) is 120 cm³/mol. The van der Waals surface area contributed by atoms with Gasteiger partial charge in [-0.15, -0.1) is 0 Å². The number of aromatic nitrogens is 1. The molecule has 2 fully saturated rings. The molecule has 0 aliphatic carbocycles. The summed E-state index contributed by atoms with van der Waals surface area (Å²) in [7, 11) is 0. The molecule has 0 saturated carbocycles. The fraction of sp³-hybridized carbons (Fsp3) is 0.400. The molecule has 5 rings (SSSR count). The van der Waals surface area contributed by atoms with Crippen molar-refractivity contribution in [3.05, 3.63) is 70.9 Å². The van der Waals surface area contributed by atoms with Crippen LogP contribution in [0.1, 0.15) is 42.7 Å². The number of amides is 1. The molecule has 1 N–H and O–H groups in total. The van der Waals surface area contributed by atoms with Crippen molar-refractivity contribution in [2.24, 2.45) is 0 Å². The number of halogens is 1. The molecule has 2 aliphatic rings. The molecular formula is C25H27ClN2O2. The Morgan fingerprint density at radius 3 is 2.47 bits per heavy atom. The topological polar surface area (TPSA) is 45.3 Å². The number of rotatable bonds is 3. The Morgan fingerprint density at radius 1 is 1.03 bits per heavy atom. The Hall–Kier alpha value is -2.30. The molecule has 0 spiro atoms. The van der Waals surface area contributed by atoms with E-state index in [4.69, 9.17) is 16.3 Å². The van der Waals surface area contributed by atoms with E-state index in [9.17, 15) is 4.79 Å². The number of aromatic amines is 1. The van der Waals surface area contributed by atoms with Crippen LogP contribution in [0.15, 0.2) is 54.7 Å². The van der Waals surface area contributed by atoms with Crippen molar-refractivity contribution in [2.75, 3.05) is 26.3 Å². The molecule has 30 heavy (non-hydrogen) atoms. The lowest BCUT2D eigenvalue weighted by molar-refractivity contribution is -0.142. The summed E-state index contributed by atoms with van der Waals surface area (Å²) in [6, 6.07) is 16.3. The quantitative estimate of drug-likeness (QED) is 0.624. The van der Waals surface area contributed by atoms with Crippen LogP contribution in [0, 0.1) is 0 Å². The number of carbonyl (C=O) groups excluding carboxylic acids is 1.